The third-order valence-electron chi connectivity index (χ3n) is 3.45. The highest BCUT2D eigenvalue weighted by Crippen LogP contribution is 2.32. The normalized spacial score (nSPS) is 12.8. The van der Waals surface area contributed by atoms with Crippen molar-refractivity contribution in [2.75, 3.05) is 25.1 Å². The minimum absolute atomic E-state index is 0.0380. The van der Waals surface area contributed by atoms with Gasteiger partial charge in [-0.05, 0) is 24.3 Å². The zero-order valence-electron chi connectivity index (χ0n) is 13.3. The fraction of sp³-hybridized carbons (Fsp3) is 0.235. The lowest BCUT2D eigenvalue weighted by atomic mass is 10.2. The molecule has 0 fully saturated rings. The van der Waals surface area contributed by atoms with E-state index in [2.05, 4.69) is 5.32 Å². The zero-order chi connectivity index (χ0) is 17.6. The van der Waals surface area contributed by atoms with E-state index in [0.29, 0.717) is 36.1 Å². The molecule has 3 rings (SSSR count). The molecule has 8 heteroatoms. The first kappa shape index (κ1) is 16.6. The number of fused-ring (bicyclic) bond motifs is 1. The number of rotatable bonds is 5. The number of nitro groups is 1. The molecule has 0 aromatic heterocycles. The molecule has 25 heavy (non-hydrogen) atoms. The second-order valence-electron chi connectivity index (χ2n) is 5.30. The van der Waals surface area contributed by atoms with Crippen molar-refractivity contribution >= 4 is 17.3 Å². The summed E-state index contributed by atoms with van der Waals surface area (Å²) in [6.45, 7) is 0.946. The molecule has 2 aromatic rings. The molecular weight excluding hydrogens is 328 g/mol. The van der Waals surface area contributed by atoms with Crippen molar-refractivity contribution in [1.82, 2.24) is 0 Å². The van der Waals surface area contributed by atoms with Gasteiger partial charge >= 0.3 is 0 Å². The quantitative estimate of drug-likeness (QED) is 0.661. The summed E-state index contributed by atoms with van der Waals surface area (Å²) in [5, 5.41) is 13.3. The molecule has 0 atom stereocenters. The molecule has 0 saturated heterocycles. The van der Waals surface area contributed by atoms with Crippen LogP contribution in [0.25, 0.3) is 0 Å². The summed E-state index contributed by atoms with van der Waals surface area (Å²) in [6.07, 6.45) is 0.805. The van der Waals surface area contributed by atoms with Crippen molar-refractivity contribution in [3.8, 4) is 17.2 Å². The molecule has 1 N–H and O–H groups in total. The summed E-state index contributed by atoms with van der Waals surface area (Å²) in [4.78, 5) is 22.1. The molecule has 0 unspecified atom stereocenters. The van der Waals surface area contributed by atoms with Gasteiger partial charge in [0.2, 0.25) is 0 Å². The fourth-order valence-corrected chi connectivity index (χ4v) is 2.25. The Morgan fingerprint density at radius 3 is 2.56 bits per heavy atom. The van der Waals surface area contributed by atoms with E-state index in [1.165, 1.54) is 24.3 Å². The molecule has 0 radical (unpaired) electrons. The number of nitrogens with zero attached hydrogens (tertiary/aromatic N) is 1. The molecular formula is C17H16N2O6. The van der Waals surface area contributed by atoms with Gasteiger partial charge in [0.15, 0.2) is 18.1 Å². The Kier molecular flexibility index (Phi) is 4.98. The number of ether oxygens (including phenoxy) is 3. The summed E-state index contributed by atoms with van der Waals surface area (Å²) in [7, 11) is 0. The van der Waals surface area contributed by atoms with E-state index in [4.69, 9.17) is 14.2 Å². The summed E-state index contributed by atoms with van der Waals surface area (Å²) in [5.74, 6) is 1.26. The maximum Gasteiger partial charge on any atom is 0.269 e. The largest absolute Gasteiger partial charge is 0.490 e. The Bertz CT molecular complexity index is 775. The molecule has 0 aliphatic carbocycles. The van der Waals surface area contributed by atoms with Gasteiger partial charge in [-0.2, -0.15) is 0 Å². The number of benzene rings is 2. The Morgan fingerprint density at radius 2 is 1.84 bits per heavy atom. The summed E-state index contributed by atoms with van der Waals surface area (Å²) in [5.41, 5.74) is 0.533. The number of carbonyl (C=O) groups is 1. The number of non-ortho nitro benzene ring substituents is 1. The van der Waals surface area contributed by atoms with E-state index in [0.717, 1.165) is 6.42 Å². The Morgan fingerprint density at radius 1 is 1.12 bits per heavy atom. The van der Waals surface area contributed by atoms with Crippen molar-refractivity contribution in [3.63, 3.8) is 0 Å². The fourth-order valence-electron chi connectivity index (χ4n) is 2.25. The van der Waals surface area contributed by atoms with E-state index in [9.17, 15) is 14.9 Å². The van der Waals surface area contributed by atoms with Crippen LogP contribution < -0.4 is 19.5 Å². The number of anilines is 1. The van der Waals surface area contributed by atoms with Gasteiger partial charge in [-0.1, -0.05) is 0 Å². The van der Waals surface area contributed by atoms with Crippen LogP contribution in [-0.2, 0) is 4.79 Å². The number of amides is 1. The second kappa shape index (κ2) is 7.52. The van der Waals surface area contributed by atoms with Crippen molar-refractivity contribution in [2.24, 2.45) is 0 Å². The molecule has 0 bridgehead atoms. The summed E-state index contributed by atoms with van der Waals surface area (Å²) >= 11 is 0. The third-order valence-corrected chi connectivity index (χ3v) is 3.45. The smallest absolute Gasteiger partial charge is 0.269 e. The van der Waals surface area contributed by atoms with Crippen molar-refractivity contribution in [3.05, 3.63) is 52.6 Å². The van der Waals surface area contributed by atoms with E-state index in [-0.39, 0.29) is 18.2 Å². The predicted molar refractivity (Wildman–Crippen MR) is 89.3 cm³/mol. The number of hydrogen-bond acceptors (Lipinski definition) is 6. The SMILES string of the molecule is O=C(COc1ccc([N+](=O)[O-])cc1)Nc1ccc2c(c1)OCCCO2. The average molecular weight is 344 g/mol. The molecule has 0 saturated carbocycles. The first-order valence-electron chi connectivity index (χ1n) is 7.68. The van der Waals surface area contributed by atoms with E-state index in [1.54, 1.807) is 18.2 Å². The Labute approximate surface area is 143 Å². The minimum Gasteiger partial charge on any atom is -0.490 e. The number of nitro benzene ring substituents is 1. The lowest BCUT2D eigenvalue weighted by Crippen LogP contribution is -2.20. The van der Waals surface area contributed by atoms with Crippen LogP contribution >= 0.6 is 0 Å². The van der Waals surface area contributed by atoms with Gasteiger partial charge in [0, 0.05) is 30.3 Å². The Balaban J connectivity index is 1.55. The van der Waals surface area contributed by atoms with E-state index in [1.807, 2.05) is 0 Å². The van der Waals surface area contributed by atoms with Crippen LogP contribution in [0.5, 0.6) is 17.2 Å². The molecule has 130 valence electrons. The van der Waals surface area contributed by atoms with Gasteiger partial charge in [-0.15, -0.1) is 0 Å². The zero-order valence-corrected chi connectivity index (χ0v) is 13.3. The molecule has 1 heterocycles. The second-order valence-corrected chi connectivity index (χ2v) is 5.30. The topological polar surface area (TPSA) is 99.9 Å². The van der Waals surface area contributed by atoms with Gasteiger partial charge in [-0.25, -0.2) is 0 Å². The number of nitrogens with one attached hydrogen (secondary N) is 1. The molecule has 2 aromatic carbocycles. The predicted octanol–water partition coefficient (Wildman–Crippen LogP) is 2.77. The first-order valence-corrected chi connectivity index (χ1v) is 7.68. The van der Waals surface area contributed by atoms with Gasteiger partial charge in [-0.3, -0.25) is 14.9 Å². The summed E-state index contributed by atoms with van der Waals surface area (Å²) < 4.78 is 16.4. The molecule has 1 amide bonds. The maximum atomic E-state index is 12.0. The number of carbonyl (C=O) groups excluding carboxylic acids is 1. The van der Waals surface area contributed by atoms with Gasteiger partial charge < -0.3 is 19.5 Å². The van der Waals surface area contributed by atoms with Crippen LogP contribution in [-0.4, -0.2) is 30.7 Å². The maximum absolute atomic E-state index is 12.0. The number of hydrogen-bond donors (Lipinski definition) is 1. The molecule has 8 nitrogen and oxygen atoms in total. The van der Waals surface area contributed by atoms with Gasteiger partial charge in [0.05, 0.1) is 18.1 Å². The van der Waals surface area contributed by atoms with Crippen LogP contribution in [0.15, 0.2) is 42.5 Å². The lowest BCUT2D eigenvalue weighted by Gasteiger charge is -2.11. The lowest BCUT2D eigenvalue weighted by molar-refractivity contribution is -0.384. The highest BCUT2D eigenvalue weighted by molar-refractivity contribution is 5.92. The van der Waals surface area contributed by atoms with Crippen LogP contribution in [0, 0.1) is 10.1 Å². The van der Waals surface area contributed by atoms with Crippen molar-refractivity contribution < 1.29 is 23.9 Å². The van der Waals surface area contributed by atoms with E-state index < -0.39 is 4.92 Å². The van der Waals surface area contributed by atoms with Crippen molar-refractivity contribution in [2.45, 2.75) is 6.42 Å². The van der Waals surface area contributed by atoms with Gasteiger partial charge in [0.25, 0.3) is 11.6 Å². The van der Waals surface area contributed by atoms with Crippen LogP contribution in [0.1, 0.15) is 6.42 Å². The summed E-state index contributed by atoms with van der Waals surface area (Å²) in [6, 6.07) is 10.7. The van der Waals surface area contributed by atoms with Crippen molar-refractivity contribution in [1.29, 1.82) is 0 Å². The first-order chi connectivity index (χ1) is 12.1. The highest BCUT2D eigenvalue weighted by atomic mass is 16.6. The standard InChI is InChI=1S/C17H16N2O6/c20-17(11-25-14-5-3-13(4-6-14)19(21)22)18-12-2-7-15-16(10-12)24-9-1-8-23-15/h2-7,10H,1,8-9,11H2,(H,18,20). The molecule has 0 spiro atoms. The highest BCUT2D eigenvalue weighted by Gasteiger charge is 2.12. The van der Waals surface area contributed by atoms with E-state index >= 15 is 0 Å². The third kappa shape index (κ3) is 4.37. The van der Waals surface area contributed by atoms with Crippen LogP contribution in [0.4, 0.5) is 11.4 Å². The molecule has 1 aliphatic heterocycles. The van der Waals surface area contributed by atoms with Crippen LogP contribution in [0.3, 0.4) is 0 Å². The molecule has 1 aliphatic rings. The monoisotopic (exact) mass is 344 g/mol. The van der Waals surface area contributed by atoms with Crippen LogP contribution in [0.2, 0.25) is 0 Å². The minimum atomic E-state index is -0.499. The van der Waals surface area contributed by atoms with Gasteiger partial charge in [0.1, 0.15) is 5.75 Å². The Hall–Kier alpha value is -3.29. The average Bonchev–Trinajstić information content (AvgIpc) is 2.85.